The Morgan fingerprint density at radius 1 is 1.80 bits per heavy atom. The summed E-state index contributed by atoms with van der Waals surface area (Å²) < 4.78 is 4.82. The summed E-state index contributed by atoms with van der Waals surface area (Å²) in [6.07, 6.45) is -1.20. The van der Waals surface area contributed by atoms with E-state index in [2.05, 4.69) is 5.10 Å². The highest BCUT2D eigenvalue weighted by molar-refractivity contribution is 5.75. The number of carboxylic acid groups (broad SMARTS) is 1. The third-order valence-electron chi connectivity index (χ3n) is 0.662. The summed E-state index contributed by atoms with van der Waals surface area (Å²) in [6, 6.07) is 0. The predicted octanol–water partition coefficient (Wildman–Crippen LogP) is 0.624. The zero-order chi connectivity index (χ0) is 7.98. The van der Waals surface area contributed by atoms with Crippen LogP contribution in [0.4, 0.5) is 4.79 Å². The fraction of sp³-hybridized carbons (Fsp3) is 0.600. The molecule has 0 bridgehead atoms. The van der Waals surface area contributed by atoms with E-state index in [9.17, 15) is 4.79 Å². The molecule has 5 heteroatoms. The minimum atomic E-state index is -1.20. The van der Waals surface area contributed by atoms with E-state index in [0.717, 1.165) is 0 Å². The Morgan fingerprint density at radius 2 is 2.40 bits per heavy atom. The fourth-order valence-electron chi connectivity index (χ4n) is 0.368. The molecular formula is C5H10N2O3. The Bertz CT molecular complexity index is 144. The summed E-state index contributed by atoms with van der Waals surface area (Å²) in [6.45, 7) is 3.84. The lowest BCUT2D eigenvalue weighted by atomic mass is 10.7. The first-order valence-electron chi connectivity index (χ1n) is 2.82. The monoisotopic (exact) mass is 146 g/mol. The first-order chi connectivity index (χ1) is 4.66. The van der Waals surface area contributed by atoms with Gasteiger partial charge in [0, 0.05) is 6.92 Å². The van der Waals surface area contributed by atoms with Crippen LogP contribution in [0.5, 0.6) is 0 Å². The zero-order valence-corrected chi connectivity index (χ0v) is 5.92. The maximum absolute atomic E-state index is 9.83. The SMILES string of the molecule is CCO/C(C)=N\NC(=O)O. The lowest BCUT2D eigenvalue weighted by molar-refractivity contribution is 0.194. The molecule has 0 aromatic carbocycles. The molecule has 0 aliphatic carbocycles. The highest BCUT2D eigenvalue weighted by Gasteiger charge is 1.91. The van der Waals surface area contributed by atoms with Crippen molar-refractivity contribution in [2.75, 3.05) is 6.61 Å². The number of rotatable bonds is 2. The average molecular weight is 146 g/mol. The van der Waals surface area contributed by atoms with Gasteiger partial charge in [-0.2, -0.15) is 0 Å². The van der Waals surface area contributed by atoms with Gasteiger partial charge in [-0.3, -0.25) is 0 Å². The van der Waals surface area contributed by atoms with Crippen LogP contribution in [0.25, 0.3) is 0 Å². The Morgan fingerprint density at radius 3 is 2.80 bits per heavy atom. The Balaban J connectivity index is 3.57. The van der Waals surface area contributed by atoms with Gasteiger partial charge in [0.25, 0.3) is 0 Å². The summed E-state index contributed by atoms with van der Waals surface area (Å²) in [5.74, 6) is 0.310. The molecule has 0 aliphatic heterocycles. The van der Waals surface area contributed by atoms with Crippen molar-refractivity contribution in [2.24, 2.45) is 5.10 Å². The van der Waals surface area contributed by atoms with Gasteiger partial charge in [-0.1, -0.05) is 0 Å². The van der Waals surface area contributed by atoms with Crippen LogP contribution in [-0.2, 0) is 4.74 Å². The Labute approximate surface area is 58.7 Å². The van der Waals surface area contributed by atoms with Gasteiger partial charge >= 0.3 is 6.09 Å². The van der Waals surface area contributed by atoms with Gasteiger partial charge < -0.3 is 9.84 Å². The Hall–Kier alpha value is -1.26. The van der Waals surface area contributed by atoms with Crippen LogP contribution in [0.2, 0.25) is 0 Å². The highest BCUT2D eigenvalue weighted by atomic mass is 16.5. The van der Waals surface area contributed by atoms with E-state index in [1.807, 2.05) is 5.43 Å². The van der Waals surface area contributed by atoms with Gasteiger partial charge in [-0.25, -0.2) is 10.2 Å². The highest BCUT2D eigenvalue weighted by Crippen LogP contribution is 1.77. The van der Waals surface area contributed by atoms with E-state index in [1.165, 1.54) is 0 Å². The molecule has 0 rings (SSSR count). The summed E-state index contributed by atoms with van der Waals surface area (Å²) in [5, 5.41) is 11.4. The first-order valence-corrected chi connectivity index (χ1v) is 2.82. The summed E-state index contributed by atoms with van der Waals surface area (Å²) in [5.41, 5.74) is 1.81. The molecule has 58 valence electrons. The quantitative estimate of drug-likeness (QED) is 0.341. The van der Waals surface area contributed by atoms with E-state index in [-0.39, 0.29) is 0 Å². The number of hydrogen-bond acceptors (Lipinski definition) is 3. The average Bonchev–Trinajstić information content (AvgIpc) is 1.85. The molecule has 0 radical (unpaired) electrons. The minimum Gasteiger partial charge on any atom is -0.480 e. The van der Waals surface area contributed by atoms with E-state index in [0.29, 0.717) is 12.5 Å². The summed E-state index contributed by atoms with van der Waals surface area (Å²) >= 11 is 0. The van der Waals surface area contributed by atoms with Crippen molar-refractivity contribution in [3.8, 4) is 0 Å². The van der Waals surface area contributed by atoms with Crippen molar-refractivity contribution in [1.82, 2.24) is 5.43 Å². The molecule has 10 heavy (non-hydrogen) atoms. The largest absolute Gasteiger partial charge is 0.480 e. The van der Waals surface area contributed by atoms with Crippen molar-refractivity contribution in [1.29, 1.82) is 0 Å². The number of carbonyl (C=O) groups is 1. The number of hydrazone groups is 1. The van der Waals surface area contributed by atoms with Gasteiger partial charge in [0.1, 0.15) is 0 Å². The van der Waals surface area contributed by atoms with Crippen molar-refractivity contribution in [2.45, 2.75) is 13.8 Å². The topological polar surface area (TPSA) is 70.9 Å². The molecule has 0 atom stereocenters. The fourth-order valence-corrected chi connectivity index (χ4v) is 0.368. The van der Waals surface area contributed by atoms with Crippen LogP contribution >= 0.6 is 0 Å². The van der Waals surface area contributed by atoms with Gasteiger partial charge in [0.05, 0.1) is 6.61 Å². The molecule has 0 aliphatic rings. The molecule has 0 saturated heterocycles. The number of nitrogens with zero attached hydrogens (tertiary/aromatic N) is 1. The maximum atomic E-state index is 9.83. The number of hydrogen-bond donors (Lipinski definition) is 2. The van der Waals surface area contributed by atoms with Crippen molar-refractivity contribution < 1.29 is 14.6 Å². The van der Waals surface area contributed by atoms with Crippen molar-refractivity contribution >= 4 is 12.0 Å². The molecule has 0 aromatic rings. The van der Waals surface area contributed by atoms with E-state index in [1.54, 1.807) is 13.8 Å². The van der Waals surface area contributed by atoms with Gasteiger partial charge in [-0.05, 0) is 6.92 Å². The zero-order valence-electron chi connectivity index (χ0n) is 5.92. The van der Waals surface area contributed by atoms with Crippen LogP contribution in [-0.4, -0.2) is 23.7 Å². The first kappa shape index (κ1) is 8.74. The minimum absolute atomic E-state index is 0.310. The standard InChI is InChI=1S/C5H10N2O3/c1-3-10-4(2)6-7-5(8)9/h7H,3H2,1-2H3,(H,8,9)/b6-4-. The van der Waals surface area contributed by atoms with Crippen molar-refractivity contribution in [3.63, 3.8) is 0 Å². The lowest BCUT2D eigenvalue weighted by Crippen LogP contribution is -2.16. The summed E-state index contributed by atoms with van der Waals surface area (Å²) in [4.78, 5) is 9.83. The molecular weight excluding hydrogens is 136 g/mol. The smallest absolute Gasteiger partial charge is 0.425 e. The maximum Gasteiger partial charge on any atom is 0.425 e. The van der Waals surface area contributed by atoms with Crippen LogP contribution < -0.4 is 5.43 Å². The van der Waals surface area contributed by atoms with Crippen molar-refractivity contribution in [3.05, 3.63) is 0 Å². The predicted molar refractivity (Wildman–Crippen MR) is 35.9 cm³/mol. The lowest BCUT2D eigenvalue weighted by Gasteiger charge is -1.99. The van der Waals surface area contributed by atoms with Gasteiger partial charge in [0.2, 0.25) is 5.90 Å². The van der Waals surface area contributed by atoms with E-state index in [4.69, 9.17) is 9.84 Å². The van der Waals surface area contributed by atoms with Crippen LogP contribution in [0, 0.1) is 0 Å². The number of amides is 1. The summed E-state index contributed by atoms with van der Waals surface area (Å²) in [7, 11) is 0. The third-order valence-corrected chi connectivity index (χ3v) is 0.662. The molecule has 0 heterocycles. The molecule has 0 fully saturated rings. The molecule has 5 nitrogen and oxygen atoms in total. The van der Waals surface area contributed by atoms with E-state index < -0.39 is 6.09 Å². The van der Waals surface area contributed by atoms with E-state index >= 15 is 0 Å². The van der Waals surface area contributed by atoms with Crippen LogP contribution in [0.3, 0.4) is 0 Å². The van der Waals surface area contributed by atoms with Crippen LogP contribution in [0.1, 0.15) is 13.8 Å². The number of ether oxygens (including phenoxy) is 1. The van der Waals surface area contributed by atoms with Crippen LogP contribution in [0.15, 0.2) is 5.10 Å². The van der Waals surface area contributed by atoms with Gasteiger partial charge in [-0.15, -0.1) is 5.10 Å². The third kappa shape index (κ3) is 4.89. The van der Waals surface area contributed by atoms with Gasteiger partial charge in [0.15, 0.2) is 0 Å². The molecule has 0 unspecified atom stereocenters. The molecule has 1 amide bonds. The Kier molecular flexibility index (Phi) is 4.02. The molecule has 0 spiro atoms. The second kappa shape index (κ2) is 4.60. The number of nitrogens with one attached hydrogen (secondary N) is 1. The molecule has 0 saturated carbocycles. The second-order valence-electron chi connectivity index (χ2n) is 1.48. The molecule has 2 N–H and O–H groups in total. The molecule has 0 aromatic heterocycles. The second-order valence-corrected chi connectivity index (χ2v) is 1.48. The normalized spacial score (nSPS) is 10.8.